The molecule has 1 amide bonds. The highest BCUT2D eigenvalue weighted by atomic mass is 35.5. The maximum Gasteiger partial charge on any atom is 0.239 e. The Morgan fingerprint density at radius 3 is 2.00 bits per heavy atom. The number of carbonyl (C=O) groups excluding carboxylic acids is 1. The molecule has 1 aliphatic heterocycles. The Kier molecular flexibility index (Phi) is 8.28. The lowest BCUT2D eigenvalue weighted by molar-refractivity contribution is -0.134. The van der Waals surface area contributed by atoms with Crippen LogP contribution in [0.5, 0.6) is 17.2 Å². The molecule has 8 heteroatoms. The molecule has 0 bridgehead atoms. The number of carbonyl (C=O) groups is 1. The molecule has 1 fully saturated rings. The van der Waals surface area contributed by atoms with Gasteiger partial charge in [0.15, 0.2) is 11.5 Å². The zero-order valence-electron chi connectivity index (χ0n) is 15.3. The third-order valence-corrected chi connectivity index (χ3v) is 4.20. The van der Waals surface area contributed by atoms with Gasteiger partial charge in [-0.25, -0.2) is 0 Å². The Labute approximate surface area is 155 Å². The van der Waals surface area contributed by atoms with E-state index in [0.29, 0.717) is 30.3 Å². The second-order valence-electron chi connectivity index (χ2n) is 5.92. The summed E-state index contributed by atoms with van der Waals surface area (Å²) in [6, 6.07) is 3.48. The fraction of sp³-hybridized carbons (Fsp3) is 0.588. The maximum atomic E-state index is 11.9. The summed E-state index contributed by atoms with van der Waals surface area (Å²) >= 11 is 0. The molecule has 0 saturated carbocycles. The van der Waals surface area contributed by atoms with Crippen LogP contribution >= 0.6 is 12.4 Å². The van der Waals surface area contributed by atoms with Gasteiger partial charge in [-0.15, -0.1) is 12.4 Å². The lowest BCUT2D eigenvalue weighted by Gasteiger charge is -2.35. The van der Waals surface area contributed by atoms with Crippen LogP contribution in [0.3, 0.4) is 0 Å². The van der Waals surface area contributed by atoms with Gasteiger partial charge in [0.1, 0.15) is 0 Å². The summed E-state index contributed by atoms with van der Waals surface area (Å²) < 4.78 is 16.1. The topological polar surface area (TPSA) is 77.3 Å². The summed E-state index contributed by atoms with van der Waals surface area (Å²) in [5, 5.41) is 0. The monoisotopic (exact) mass is 373 g/mol. The largest absolute Gasteiger partial charge is 0.493 e. The molecule has 142 valence electrons. The molecule has 0 aromatic heterocycles. The number of piperazine rings is 1. The Morgan fingerprint density at radius 1 is 1.08 bits per heavy atom. The van der Waals surface area contributed by atoms with Crippen LogP contribution < -0.4 is 19.9 Å². The van der Waals surface area contributed by atoms with Gasteiger partial charge in [0, 0.05) is 32.7 Å². The van der Waals surface area contributed by atoms with E-state index in [4.69, 9.17) is 19.9 Å². The van der Waals surface area contributed by atoms with Crippen molar-refractivity contribution in [3.05, 3.63) is 17.7 Å². The molecule has 2 rings (SSSR count). The van der Waals surface area contributed by atoms with Crippen LogP contribution in [0.1, 0.15) is 12.5 Å². The SMILES string of the molecule is COc1cc(CN2CCN(C(=O)C(C)N)CC2)cc(OC)c1OC.Cl. The van der Waals surface area contributed by atoms with Crippen molar-refractivity contribution in [2.24, 2.45) is 5.73 Å². The van der Waals surface area contributed by atoms with Crippen molar-refractivity contribution in [1.29, 1.82) is 0 Å². The van der Waals surface area contributed by atoms with E-state index in [1.807, 2.05) is 17.0 Å². The molecule has 1 atom stereocenters. The molecular weight excluding hydrogens is 346 g/mol. The summed E-state index contributed by atoms with van der Waals surface area (Å²) in [5.74, 6) is 1.91. The van der Waals surface area contributed by atoms with Crippen LogP contribution in [0.2, 0.25) is 0 Å². The minimum absolute atomic E-state index is 0. The van der Waals surface area contributed by atoms with Gasteiger partial charge >= 0.3 is 0 Å². The number of benzene rings is 1. The Morgan fingerprint density at radius 2 is 1.60 bits per heavy atom. The summed E-state index contributed by atoms with van der Waals surface area (Å²) in [7, 11) is 4.81. The van der Waals surface area contributed by atoms with E-state index in [9.17, 15) is 4.79 Å². The molecule has 7 nitrogen and oxygen atoms in total. The predicted molar refractivity (Wildman–Crippen MR) is 98.9 cm³/mol. The predicted octanol–water partition coefficient (Wildman–Crippen LogP) is 1.13. The van der Waals surface area contributed by atoms with E-state index in [1.165, 1.54) is 0 Å². The second-order valence-corrected chi connectivity index (χ2v) is 5.92. The average molecular weight is 374 g/mol. The molecule has 25 heavy (non-hydrogen) atoms. The number of halogens is 1. The van der Waals surface area contributed by atoms with Gasteiger partial charge in [-0.2, -0.15) is 0 Å². The number of methoxy groups -OCH3 is 3. The highest BCUT2D eigenvalue weighted by Crippen LogP contribution is 2.38. The Hall–Kier alpha value is -1.70. The van der Waals surface area contributed by atoms with Crippen molar-refractivity contribution in [1.82, 2.24) is 9.80 Å². The van der Waals surface area contributed by atoms with Gasteiger partial charge in [0.25, 0.3) is 0 Å². The van der Waals surface area contributed by atoms with E-state index >= 15 is 0 Å². The molecule has 0 aliphatic carbocycles. The number of ether oxygens (including phenoxy) is 3. The van der Waals surface area contributed by atoms with Crippen molar-refractivity contribution in [2.45, 2.75) is 19.5 Å². The van der Waals surface area contributed by atoms with E-state index in [0.717, 1.165) is 25.2 Å². The molecule has 1 saturated heterocycles. The molecule has 0 radical (unpaired) electrons. The fourth-order valence-corrected chi connectivity index (χ4v) is 2.90. The standard InChI is InChI=1S/C17H27N3O4.ClH/c1-12(18)17(21)20-7-5-19(6-8-20)11-13-9-14(22-2)16(24-4)15(10-13)23-3;/h9-10,12H,5-8,11,18H2,1-4H3;1H. The third-order valence-electron chi connectivity index (χ3n) is 4.20. The van der Waals surface area contributed by atoms with Crippen LogP contribution in [-0.2, 0) is 11.3 Å². The molecule has 2 N–H and O–H groups in total. The van der Waals surface area contributed by atoms with Crippen molar-refractivity contribution >= 4 is 18.3 Å². The molecule has 1 aliphatic rings. The van der Waals surface area contributed by atoms with Gasteiger partial charge in [0.2, 0.25) is 11.7 Å². The first-order valence-electron chi connectivity index (χ1n) is 8.05. The first kappa shape index (κ1) is 21.3. The van der Waals surface area contributed by atoms with Crippen LogP contribution in [-0.4, -0.2) is 69.3 Å². The van der Waals surface area contributed by atoms with Crippen molar-refractivity contribution in [3.8, 4) is 17.2 Å². The first-order chi connectivity index (χ1) is 11.5. The van der Waals surface area contributed by atoms with Crippen molar-refractivity contribution in [2.75, 3.05) is 47.5 Å². The number of nitrogens with two attached hydrogens (primary N) is 1. The quantitative estimate of drug-likeness (QED) is 0.805. The maximum absolute atomic E-state index is 11.9. The molecular formula is C17H28ClN3O4. The van der Waals surface area contributed by atoms with Crippen LogP contribution in [0.4, 0.5) is 0 Å². The van der Waals surface area contributed by atoms with Crippen LogP contribution in [0, 0.1) is 0 Å². The highest BCUT2D eigenvalue weighted by Gasteiger charge is 2.23. The normalized spacial score (nSPS) is 16.0. The van der Waals surface area contributed by atoms with Gasteiger partial charge in [-0.1, -0.05) is 0 Å². The molecule has 1 unspecified atom stereocenters. The molecule has 0 spiro atoms. The van der Waals surface area contributed by atoms with Gasteiger partial charge in [-0.3, -0.25) is 9.69 Å². The summed E-state index contributed by atoms with van der Waals surface area (Å²) in [6.07, 6.45) is 0. The lowest BCUT2D eigenvalue weighted by Crippen LogP contribution is -2.52. The average Bonchev–Trinajstić information content (AvgIpc) is 2.60. The summed E-state index contributed by atoms with van der Waals surface area (Å²) in [6.45, 7) is 5.52. The first-order valence-corrected chi connectivity index (χ1v) is 8.05. The second kappa shape index (κ2) is 9.70. The van der Waals surface area contributed by atoms with Gasteiger partial charge in [-0.05, 0) is 24.6 Å². The number of hydrogen-bond acceptors (Lipinski definition) is 6. The lowest BCUT2D eigenvalue weighted by atomic mass is 10.1. The van der Waals surface area contributed by atoms with E-state index < -0.39 is 6.04 Å². The minimum Gasteiger partial charge on any atom is -0.493 e. The van der Waals surface area contributed by atoms with Crippen LogP contribution in [0.25, 0.3) is 0 Å². The van der Waals surface area contributed by atoms with Gasteiger partial charge in [0.05, 0.1) is 27.4 Å². The molecule has 1 aromatic carbocycles. The van der Waals surface area contributed by atoms with Gasteiger partial charge < -0.3 is 24.8 Å². The number of rotatable bonds is 6. The van der Waals surface area contributed by atoms with Crippen molar-refractivity contribution < 1.29 is 19.0 Å². The zero-order valence-corrected chi connectivity index (χ0v) is 16.1. The van der Waals surface area contributed by atoms with Crippen molar-refractivity contribution in [3.63, 3.8) is 0 Å². The van der Waals surface area contributed by atoms with Crippen LogP contribution in [0.15, 0.2) is 12.1 Å². The Balaban J connectivity index is 0.00000312. The molecule has 1 aromatic rings. The fourth-order valence-electron chi connectivity index (χ4n) is 2.90. The molecule has 1 heterocycles. The number of hydrogen-bond donors (Lipinski definition) is 1. The van der Waals surface area contributed by atoms with E-state index in [1.54, 1.807) is 28.3 Å². The minimum atomic E-state index is -0.438. The Bertz CT molecular complexity index is 550. The van der Waals surface area contributed by atoms with E-state index in [-0.39, 0.29) is 18.3 Å². The summed E-state index contributed by atoms with van der Waals surface area (Å²) in [5.41, 5.74) is 6.75. The highest BCUT2D eigenvalue weighted by molar-refractivity contribution is 5.85. The smallest absolute Gasteiger partial charge is 0.239 e. The number of amides is 1. The van der Waals surface area contributed by atoms with E-state index in [2.05, 4.69) is 4.90 Å². The summed E-state index contributed by atoms with van der Waals surface area (Å²) in [4.78, 5) is 16.1. The third kappa shape index (κ3) is 5.14. The zero-order chi connectivity index (χ0) is 17.7. The number of nitrogens with zero attached hydrogens (tertiary/aromatic N) is 2.